The van der Waals surface area contributed by atoms with Gasteiger partial charge in [-0.3, -0.25) is 0 Å². The van der Waals surface area contributed by atoms with E-state index in [1.54, 1.807) is 0 Å². The van der Waals surface area contributed by atoms with E-state index in [2.05, 4.69) is 4.98 Å². The molecule has 0 aliphatic rings. The normalized spacial score (nSPS) is 13.5. The summed E-state index contributed by atoms with van der Waals surface area (Å²) < 4.78 is 2.03. The van der Waals surface area contributed by atoms with E-state index in [1.165, 1.54) is 0 Å². The third kappa shape index (κ3) is 1.31. The SMILES string of the molecule is C[C@@H](Cl)c1nc2ccccc2n1C. The average molecular weight is 195 g/mol. The Balaban J connectivity index is 2.74. The van der Waals surface area contributed by atoms with Gasteiger partial charge in [-0.1, -0.05) is 12.1 Å². The lowest BCUT2D eigenvalue weighted by atomic mass is 10.3. The van der Waals surface area contributed by atoms with E-state index in [-0.39, 0.29) is 5.38 Å². The fourth-order valence-corrected chi connectivity index (χ4v) is 1.72. The smallest absolute Gasteiger partial charge is 0.127 e. The topological polar surface area (TPSA) is 17.8 Å². The van der Waals surface area contributed by atoms with Gasteiger partial charge < -0.3 is 4.57 Å². The Bertz CT molecular complexity index is 431. The summed E-state index contributed by atoms with van der Waals surface area (Å²) in [5.41, 5.74) is 2.14. The molecule has 2 aromatic rings. The number of alkyl halides is 1. The van der Waals surface area contributed by atoms with Gasteiger partial charge in [0.15, 0.2) is 0 Å². The van der Waals surface area contributed by atoms with Crippen LogP contribution in [0.15, 0.2) is 24.3 Å². The van der Waals surface area contributed by atoms with Crippen LogP contribution in [0.1, 0.15) is 18.1 Å². The van der Waals surface area contributed by atoms with Crippen LogP contribution < -0.4 is 0 Å². The molecule has 0 spiro atoms. The van der Waals surface area contributed by atoms with Gasteiger partial charge >= 0.3 is 0 Å². The zero-order valence-corrected chi connectivity index (χ0v) is 8.42. The molecule has 0 bridgehead atoms. The number of aryl methyl sites for hydroxylation is 1. The molecule has 0 fully saturated rings. The molecule has 0 aliphatic carbocycles. The first-order valence-corrected chi connectivity index (χ1v) is 4.69. The van der Waals surface area contributed by atoms with Crippen molar-refractivity contribution < 1.29 is 0 Å². The quantitative estimate of drug-likeness (QED) is 0.639. The van der Waals surface area contributed by atoms with Crippen LogP contribution in [0.25, 0.3) is 11.0 Å². The molecule has 0 amide bonds. The van der Waals surface area contributed by atoms with Gasteiger partial charge in [0.05, 0.1) is 16.4 Å². The highest BCUT2D eigenvalue weighted by atomic mass is 35.5. The lowest BCUT2D eigenvalue weighted by Crippen LogP contribution is -1.97. The number of benzene rings is 1. The number of hydrogen-bond donors (Lipinski definition) is 0. The van der Waals surface area contributed by atoms with Crippen LogP contribution in [0, 0.1) is 0 Å². The fourth-order valence-electron chi connectivity index (χ4n) is 1.52. The van der Waals surface area contributed by atoms with E-state index in [9.17, 15) is 0 Å². The molecule has 0 unspecified atom stereocenters. The summed E-state index contributed by atoms with van der Waals surface area (Å²) in [7, 11) is 1.99. The van der Waals surface area contributed by atoms with Gasteiger partial charge in [-0.05, 0) is 19.1 Å². The minimum atomic E-state index is -0.0441. The first kappa shape index (κ1) is 8.57. The van der Waals surface area contributed by atoms with Crippen LogP contribution in [-0.2, 0) is 7.05 Å². The summed E-state index contributed by atoms with van der Waals surface area (Å²) in [6.45, 7) is 1.93. The molecule has 2 nitrogen and oxygen atoms in total. The van der Waals surface area contributed by atoms with Gasteiger partial charge in [-0.2, -0.15) is 0 Å². The van der Waals surface area contributed by atoms with E-state index in [1.807, 2.05) is 42.8 Å². The lowest BCUT2D eigenvalue weighted by molar-refractivity contribution is 0.812. The minimum Gasteiger partial charge on any atom is -0.330 e. The van der Waals surface area contributed by atoms with Crippen molar-refractivity contribution in [2.75, 3.05) is 0 Å². The predicted octanol–water partition coefficient (Wildman–Crippen LogP) is 2.87. The summed E-state index contributed by atoms with van der Waals surface area (Å²) in [4.78, 5) is 4.44. The molecule has 1 heterocycles. The maximum atomic E-state index is 6.00. The minimum absolute atomic E-state index is 0.0441. The molecule has 68 valence electrons. The van der Waals surface area contributed by atoms with Crippen LogP contribution in [-0.4, -0.2) is 9.55 Å². The number of rotatable bonds is 1. The Labute approximate surface area is 82.1 Å². The number of halogens is 1. The molecule has 0 N–H and O–H groups in total. The third-order valence-electron chi connectivity index (χ3n) is 2.18. The Morgan fingerprint density at radius 2 is 2.08 bits per heavy atom. The largest absolute Gasteiger partial charge is 0.330 e. The standard InChI is InChI=1S/C10H11ClN2/c1-7(11)10-12-8-5-3-4-6-9(8)13(10)2/h3-7H,1-2H3/t7-/m1/s1. The van der Waals surface area contributed by atoms with Crippen molar-refractivity contribution in [2.45, 2.75) is 12.3 Å². The van der Waals surface area contributed by atoms with Crippen molar-refractivity contribution in [3.05, 3.63) is 30.1 Å². The zero-order valence-electron chi connectivity index (χ0n) is 7.66. The summed E-state index contributed by atoms with van der Waals surface area (Å²) in [6.07, 6.45) is 0. The van der Waals surface area contributed by atoms with Gasteiger partial charge in [0.25, 0.3) is 0 Å². The first-order chi connectivity index (χ1) is 6.20. The number of nitrogens with zero attached hydrogens (tertiary/aromatic N) is 2. The molecule has 3 heteroatoms. The van der Waals surface area contributed by atoms with Crippen LogP contribution >= 0.6 is 11.6 Å². The maximum absolute atomic E-state index is 6.00. The van der Waals surface area contributed by atoms with Crippen molar-refractivity contribution in [1.29, 1.82) is 0 Å². The summed E-state index contributed by atoms with van der Waals surface area (Å²) >= 11 is 6.00. The second-order valence-electron chi connectivity index (χ2n) is 3.13. The van der Waals surface area contributed by atoms with Crippen LogP contribution in [0.5, 0.6) is 0 Å². The third-order valence-corrected chi connectivity index (χ3v) is 2.37. The van der Waals surface area contributed by atoms with Gasteiger partial charge in [-0.25, -0.2) is 4.98 Å². The monoisotopic (exact) mass is 194 g/mol. The van der Waals surface area contributed by atoms with Gasteiger partial charge in [0, 0.05) is 7.05 Å². The van der Waals surface area contributed by atoms with Crippen molar-refractivity contribution in [3.8, 4) is 0 Å². The second kappa shape index (κ2) is 3.04. The molecule has 1 aromatic carbocycles. The molecular weight excluding hydrogens is 184 g/mol. The van der Waals surface area contributed by atoms with Crippen molar-refractivity contribution >= 4 is 22.6 Å². The van der Waals surface area contributed by atoms with Crippen LogP contribution in [0.3, 0.4) is 0 Å². The van der Waals surface area contributed by atoms with Crippen molar-refractivity contribution in [3.63, 3.8) is 0 Å². The Morgan fingerprint density at radius 3 is 2.69 bits per heavy atom. The molecule has 0 aliphatic heterocycles. The molecule has 0 saturated heterocycles. The Kier molecular flexibility index (Phi) is 2.00. The van der Waals surface area contributed by atoms with E-state index < -0.39 is 0 Å². The van der Waals surface area contributed by atoms with Gasteiger partial charge in [0.2, 0.25) is 0 Å². The number of para-hydroxylation sites is 2. The van der Waals surface area contributed by atoms with E-state index in [0.29, 0.717) is 0 Å². The lowest BCUT2D eigenvalue weighted by Gasteiger charge is -2.02. The van der Waals surface area contributed by atoms with Gasteiger partial charge in [0.1, 0.15) is 5.82 Å². The highest BCUT2D eigenvalue weighted by Gasteiger charge is 2.10. The second-order valence-corrected chi connectivity index (χ2v) is 3.79. The fraction of sp³-hybridized carbons (Fsp3) is 0.300. The molecule has 1 atom stereocenters. The average Bonchev–Trinajstić information content (AvgIpc) is 2.45. The highest BCUT2D eigenvalue weighted by Crippen LogP contribution is 2.22. The molecule has 13 heavy (non-hydrogen) atoms. The first-order valence-electron chi connectivity index (χ1n) is 4.25. The number of aromatic nitrogens is 2. The molecular formula is C10H11ClN2. The van der Waals surface area contributed by atoms with Crippen molar-refractivity contribution in [2.24, 2.45) is 7.05 Å². The number of hydrogen-bond acceptors (Lipinski definition) is 1. The molecule has 2 rings (SSSR count). The Morgan fingerprint density at radius 1 is 1.38 bits per heavy atom. The van der Waals surface area contributed by atoms with E-state index in [0.717, 1.165) is 16.9 Å². The Hall–Kier alpha value is -1.02. The van der Waals surface area contributed by atoms with E-state index in [4.69, 9.17) is 11.6 Å². The zero-order chi connectivity index (χ0) is 9.42. The van der Waals surface area contributed by atoms with Crippen LogP contribution in [0.4, 0.5) is 0 Å². The maximum Gasteiger partial charge on any atom is 0.127 e. The van der Waals surface area contributed by atoms with Crippen molar-refractivity contribution in [1.82, 2.24) is 9.55 Å². The van der Waals surface area contributed by atoms with E-state index >= 15 is 0 Å². The molecule has 0 saturated carbocycles. The summed E-state index contributed by atoms with van der Waals surface area (Å²) in [5.74, 6) is 0.919. The highest BCUT2D eigenvalue weighted by molar-refractivity contribution is 6.20. The van der Waals surface area contributed by atoms with Crippen LogP contribution in [0.2, 0.25) is 0 Å². The molecule has 0 radical (unpaired) electrons. The summed E-state index contributed by atoms with van der Waals surface area (Å²) in [5, 5.41) is -0.0441. The van der Waals surface area contributed by atoms with Gasteiger partial charge in [-0.15, -0.1) is 11.6 Å². The summed E-state index contributed by atoms with van der Waals surface area (Å²) in [6, 6.07) is 8.04. The number of fused-ring (bicyclic) bond motifs is 1. The predicted molar refractivity (Wildman–Crippen MR) is 55.0 cm³/mol. The molecule has 1 aromatic heterocycles. The number of imidazole rings is 1.